The SMILES string of the molecule is O=[N+]([O-])c1ccc2nc(N3CCC(CCl)CC3)[nH]c2c1. The Morgan fingerprint density at radius 3 is 2.85 bits per heavy atom. The van der Waals surface area contributed by atoms with Crippen molar-refractivity contribution in [3.05, 3.63) is 28.3 Å². The van der Waals surface area contributed by atoms with Gasteiger partial charge in [0.25, 0.3) is 5.69 Å². The molecule has 0 amide bonds. The van der Waals surface area contributed by atoms with E-state index in [0.717, 1.165) is 37.4 Å². The standard InChI is InChI=1S/C13H15ClN4O2/c14-8-9-3-5-17(6-4-9)13-15-11-2-1-10(18(19)20)7-12(11)16-13/h1-2,7,9H,3-6,8H2,(H,15,16). The monoisotopic (exact) mass is 294 g/mol. The van der Waals surface area contributed by atoms with Crippen LogP contribution in [-0.2, 0) is 0 Å². The van der Waals surface area contributed by atoms with Crippen molar-refractivity contribution in [2.45, 2.75) is 12.8 Å². The van der Waals surface area contributed by atoms with Gasteiger partial charge in [-0.2, -0.15) is 0 Å². The number of anilines is 1. The van der Waals surface area contributed by atoms with Crippen molar-refractivity contribution in [3.63, 3.8) is 0 Å². The number of hydrogen-bond donors (Lipinski definition) is 1. The summed E-state index contributed by atoms with van der Waals surface area (Å²) in [5, 5.41) is 10.8. The molecule has 1 aliphatic rings. The average Bonchev–Trinajstić information content (AvgIpc) is 2.90. The fraction of sp³-hybridized carbons (Fsp3) is 0.462. The van der Waals surface area contributed by atoms with Crippen molar-refractivity contribution in [1.82, 2.24) is 9.97 Å². The van der Waals surface area contributed by atoms with Crippen LogP contribution in [0.25, 0.3) is 11.0 Å². The average molecular weight is 295 g/mol. The minimum absolute atomic E-state index is 0.0774. The van der Waals surface area contributed by atoms with Gasteiger partial charge in [-0.3, -0.25) is 10.1 Å². The van der Waals surface area contributed by atoms with Gasteiger partial charge in [0.15, 0.2) is 0 Å². The maximum atomic E-state index is 10.8. The van der Waals surface area contributed by atoms with Crippen LogP contribution in [0.4, 0.5) is 11.6 Å². The first kappa shape index (κ1) is 13.2. The molecule has 0 unspecified atom stereocenters. The van der Waals surface area contributed by atoms with Gasteiger partial charge in [0.2, 0.25) is 5.95 Å². The highest BCUT2D eigenvalue weighted by atomic mass is 35.5. The zero-order valence-electron chi connectivity index (χ0n) is 10.9. The van der Waals surface area contributed by atoms with Crippen LogP contribution >= 0.6 is 11.6 Å². The lowest BCUT2D eigenvalue weighted by molar-refractivity contribution is -0.384. The minimum Gasteiger partial charge on any atom is -0.342 e. The number of nitrogens with zero attached hydrogens (tertiary/aromatic N) is 3. The molecule has 1 aliphatic heterocycles. The number of alkyl halides is 1. The fourth-order valence-corrected chi connectivity index (χ4v) is 2.86. The van der Waals surface area contributed by atoms with E-state index in [-0.39, 0.29) is 5.69 Å². The number of nitro benzene ring substituents is 1. The van der Waals surface area contributed by atoms with Gasteiger partial charge in [-0.25, -0.2) is 4.98 Å². The summed E-state index contributed by atoms with van der Waals surface area (Å²) in [4.78, 5) is 20.2. The number of nitrogens with one attached hydrogen (secondary N) is 1. The lowest BCUT2D eigenvalue weighted by Gasteiger charge is -2.30. The highest BCUT2D eigenvalue weighted by molar-refractivity contribution is 6.18. The van der Waals surface area contributed by atoms with Gasteiger partial charge in [0.05, 0.1) is 16.0 Å². The van der Waals surface area contributed by atoms with Crippen LogP contribution in [0.3, 0.4) is 0 Å². The molecule has 1 N–H and O–H groups in total. The van der Waals surface area contributed by atoms with Crippen molar-refractivity contribution in [1.29, 1.82) is 0 Å². The largest absolute Gasteiger partial charge is 0.342 e. The molecule has 0 spiro atoms. The summed E-state index contributed by atoms with van der Waals surface area (Å²) in [6.07, 6.45) is 2.11. The Morgan fingerprint density at radius 2 is 2.20 bits per heavy atom. The third kappa shape index (κ3) is 2.43. The van der Waals surface area contributed by atoms with Crippen molar-refractivity contribution >= 4 is 34.3 Å². The third-order valence-electron chi connectivity index (χ3n) is 3.80. The molecule has 0 atom stereocenters. The molecule has 3 rings (SSSR count). The summed E-state index contributed by atoms with van der Waals surface area (Å²) in [5.74, 6) is 2.08. The number of non-ortho nitro benzene ring substituents is 1. The number of rotatable bonds is 3. The molecule has 6 nitrogen and oxygen atoms in total. The molecular weight excluding hydrogens is 280 g/mol. The highest BCUT2D eigenvalue weighted by Gasteiger charge is 2.21. The van der Waals surface area contributed by atoms with Gasteiger partial charge < -0.3 is 9.88 Å². The molecule has 1 aromatic carbocycles. The third-order valence-corrected chi connectivity index (χ3v) is 4.23. The molecule has 0 aliphatic carbocycles. The Labute approximate surface area is 120 Å². The van der Waals surface area contributed by atoms with Crippen molar-refractivity contribution in [2.75, 3.05) is 23.9 Å². The number of nitro groups is 1. The first-order chi connectivity index (χ1) is 9.67. The summed E-state index contributed by atoms with van der Waals surface area (Å²) >= 11 is 5.88. The Bertz CT molecular complexity index is 634. The van der Waals surface area contributed by atoms with Crippen LogP contribution in [-0.4, -0.2) is 33.9 Å². The number of halogens is 1. The van der Waals surface area contributed by atoms with Crippen LogP contribution < -0.4 is 4.90 Å². The number of aromatic amines is 1. The van der Waals surface area contributed by atoms with Crippen LogP contribution in [0.15, 0.2) is 18.2 Å². The number of imidazole rings is 1. The number of piperidine rings is 1. The summed E-state index contributed by atoms with van der Waals surface area (Å²) in [6.45, 7) is 1.83. The fourth-order valence-electron chi connectivity index (χ4n) is 2.55. The van der Waals surface area contributed by atoms with E-state index in [0.29, 0.717) is 17.3 Å². The summed E-state index contributed by atoms with van der Waals surface area (Å²) in [6, 6.07) is 4.68. The molecular formula is C13H15ClN4O2. The highest BCUT2D eigenvalue weighted by Crippen LogP contribution is 2.25. The van der Waals surface area contributed by atoms with Gasteiger partial charge in [0.1, 0.15) is 0 Å². The lowest BCUT2D eigenvalue weighted by atomic mass is 9.99. The van der Waals surface area contributed by atoms with E-state index < -0.39 is 4.92 Å². The Hall–Kier alpha value is -1.82. The molecule has 0 bridgehead atoms. The van der Waals surface area contributed by atoms with E-state index in [1.807, 2.05) is 0 Å². The molecule has 0 radical (unpaired) electrons. The van der Waals surface area contributed by atoms with Gasteiger partial charge in [-0.05, 0) is 24.8 Å². The van der Waals surface area contributed by atoms with Crippen molar-refractivity contribution < 1.29 is 4.92 Å². The van der Waals surface area contributed by atoms with Crippen LogP contribution in [0.2, 0.25) is 0 Å². The first-order valence-corrected chi connectivity index (χ1v) is 7.16. The van der Waals surface area contributed by atoms with Crippen molar-refractivity contribution in [3.8, 4) is 0 Å². The predicted molar refractivity (Wildman–Crippen MR) is 78.4 cm³/mol. The van der Waals surface area contributed by atoms with E-state index in [2.05, 4.69) is 14.9 Å². The zero-order chi connectivity index (χ0) is 14.1. The smallest absolute Gasteiger partial charge is 0.271 e. The second kappa shape index (κ2) is 5.28. The molecule has 20 heavy (non-hydrogen) atoms. The second-order valence-corrected chi connectivity index (χ2v) is 5.41. The molecule has 1 saturated heterocycles. The number of aromatic nitrogens is 2. The zero-order valence-corrected chi connectivity index (χ0v) is 11.6. The Morgan fingerprint density at radius 1 is 1.45 bits per heavy atom. The maximum Gasteiger partial charge on any atom is 0.271 e. The van der Waals surface area contributed by atoms with E-state index in [1.165, 1.54) is 12.1 Å². The van der Waals surface area contributed by atoms with E-state index in [4.69, 9.17) is 11.6 Å². The number of hydrogen-bond acceptors (Lipinski definition) is 4. The normalized spacial score (nSPS) is 16.8. The molecule has 7 heteroatoms. The Kier molecular flexibility index (Phi) is 3.48. The number of benzene rings is 1. The van der Waals surface area contributed by atoms with E-state index in [1.54, 1.807) is 6.07 Å². The minimum atomic E-state index is -0.397. The maximum absolute atomic E-state index is 10.8. The van der Waals surface area contributed by atoms with Crippen LogP contribution in [0, 0.1) is 16.0 Å². The molecule has 2 heterocycles. The predicted octanol–water partition coefficient (Wildman–Crippen LogP) is 2.93. The van der Waals surface area contributed by atoms with E-state index in [9.17, 15) is 10.1 Å². The second-order valence-electron chi connectivity index (χ2n) is 5.10. The quantitative estimate of drug-likeness (QED) is 0.536. The molecule has 1 fully saturated rings. The molecule has 106 valence electrons. The van der Waals surface area contributed by atoms with Crippen LogP contribution in [0.1, 0.15) is 12.8 Å². The molecule has 0 saturated carbocycles. The van der Waals surface area contributed by atoms with Gasteiger partial charge in [0, 0.05) is 31.1 Å². The van der Waals surface area contributed by atoms with Crippen LogP contribution in [0.5, 0.6) is 0 Å². The number of fused-ring (bicyclic) bond motifs is 1. The summed E-state index contributed by atoms with van der Waals surface area (Å²) < 4.78 is 0. The van der Waals surface area contributed by atoms with Gasteiger partial charge in [-0.1, -0.05) is 0 Å². The summed E-state index contributed by atoms with van der Waals surface area (Å²) in [5.41, 5.74) is 1.53. The Balaban J connectivity index is 1.84. The van der Waals surface area contributed by atoms with Crippen molar-refractivity contribution in [2.24, 2.45) is 5.92 Å². The summed E-state index contributed by atoms with van der Waals surface area (Å²) in [7, 11) is 0. The van der Waals surface area contributed by atoms with Gasteiger partial charge >= 0.3 is 0 Å². The number of H-pyrrole nitrogens is 1. The lowest BCUT2D eigenvalue weighted by Crippen LogP contribution is -2.34. The topological polar surface area (TPSA) is 75.1 Å². The molecule has 2 aromatic rings. The molecule has 1 aromatic heterocycles. The van der Waals surface area contributed by atoms with Gasteiger partial charge in [-0.15, -0.1) is 11.6 Å². The first-order valence-electron chi connectivity index (χ1n) is 6.62. The van der Waals surface area contributed by atoms with E-state index >= 15 is 0 Å².